The molecule has 0 bridgehead atoms. The van der Waals surface area contributed by atoms with Crippen molar-refractivity contribution >= 4 is 18.0 Å². The Labute approximate surface area is 158 Å². The molecule has 1 aromatic carbocycles. The normalized spacial score (nSPS) is 18.6. The number of hydrogen-bond acceptors (Lipinski definition) is 6. The first kappa shape index (κ1) is 20.7. The van der Waals surface area contributed by atoms with Crippen LogP contribution in [0.25, 0.3) is 0 Å². The molecule has 1 N–H and O–H groups in total. The van der Waals surface area contributed by atoms with Gasteiger partial charge in [-0.15, -0.1) is 0 Å². The van der Waals surface area contributed by atoms with Crippen LogP contribution in [0.5, 0.6) is 0 Å². The molecule has 2 rings (SSSR count). The lowest BCUT2D eigenvalue weighted by atomic mass is 10.1. The number of ether oxygens (including phenoxy) is 2. The van der Waals surface area contributed by atoms with Crippen LogP contribution in [0.1, 0.15) is 25.3 Å². The predicted octanol–water partition coefficient (Wildman–Crippen LogP) is 1.17. The van der Waals surface area contributed by atoms with E-state index < -0.39 is 18.1 Å². The molecule has 0 aromatic heterocycles. The minimum atomic E-state index is -0.866. The van der Waals surface area contributed by atoms with E-state index in [-0.39, 0.29) is 51.1 Å². The van der Waals surface area contributed by atoms with Crippen molar-refractivity contribution in [2.75, 3.05) is 26.8 Å². The maximum Gasteiger partial charge on any atom is 0.410 e. The van der Waals surface area contributed by atoms with E-state index in [1.165, 1.54) is 16.9 Å². The van der Waals surface area contributed by atoms with Crippen LogP contribution in [0.2, 0.25) is 0 Å². The lowest BCUT2D eigenvalue weighted by Gasteiger charge is -2.32. The third kappa shape index (κ3) is 5.43. The van der Waals surface area contributed by atoms with Crippen LogP contribution in [-0.2, 0) is 25.7 Å². The topological polar surface area (TPSA) is 96.4 Å². The molecule has 0 radical (unpaired) electrons. The highest BCUT2D eigenvalue weighted by Gasteiger charge is 2.36. The molecule has 8 heteroatoms. The van der Waals surface area contributed by atoms with E-state index in [1.807, 2.05) is 30.3 Å². The number of nitrogens with zero attached hydrogens (tertiary/aromatic N) is 2. The molecule has 8 nitrogen and oxygen atoms in total. The second-order valence-electron chi connectivity index (χ2n) is 6.43. The average Bonchev–Trinajstić information content (AvgIpc) is 2.83. The minimum Gasteiger partial charge on any atom is -0.467 e. The van der Waals surface area contributed by atoms with Gasteiger partial charge in [0.05, 0.1) is 7.11 Å². The van der Waals surface area contributed by atoms with Gasteiger partial charge in [-0.1, -0.05) is 30.3 Å². The van der Waals surface area contributed by atoms with Crippen LogP contribution >= 0.6 is 0 Å². The zero-order valence-electron chi connectivity index (χ0n) is 15.7. The molecular weight excluding hydrogens is 352 g/mol. The van der Waals surface area contributed by atoms with E-state index >= 15 is 0 Å². The van der Waals surface area contributed by atoms with Gasteiger partial charge in [-0.25, -0.2) is 9.59 Å². The predicted molar refractivity (Wildman–Crippen MR) is 96.6 cm³/mol. The fourth-order valence-electron chi connectivity index (χ4n) is 3.10. The number of methoxy groups -OCH3 is 1. The van der Waals surface area contributed by atoms with Crippen LogP contribution in [0.4, 0.5) is 4.79 Å². The maximum atomic E-state index is 12.5. The summed E-state index contributed by atoms with van der Waals surface area (Å²) >= 11 is 0. The fraction of sp³-hybridized carbons (Fsp3) is 0.526. The molecule has 0 saturated carbocycles. The van der Waals surface area contributed by atoms with Gasteiger partial charge in [0.15, 0.2) is 0 Å². The molecule has 148 valence electrons. The van der Waals surface area contributed by atoms with E-state index in [1.54, 1.807) is 6.92 Å². The number of rotatable bonds is 6. The Morgan fingerprint density at radius 3 is 2.63 bits per heavy atom. The number of aliphatic hydroxyl groups excluding tert-OH is 1. The SMILES string of the molecule is COC(=O)[C@@H](CCO)N1C[C@H](C)N(C(=O)OCc2ccccc2)CCC1=O. The Balaban J connectivity index is 2.04. The van der Waals surface area contributed by atoms with Gasteiger partial charge in [-0.2, -0.15) is 0 Å². The van der Waals surface area contributed by atoms with Crippen molar-refractivity contribution in [1.82, 2.24) is 9.80 Å². The van der Waals surface area contributed by atoms with E-state index in [9.17, 15) is 19.5 Å². The number of amides is 2. The second kappa shape index (κ2) is 9.91. The number of esters is 1. The Kier molecular flexibility index (Phi) is 7.60. The zero-order chi connectivity index (χ0) is 19.8. The molecule has 0 aliphatic carbocycles. The summed E-state index contributed by atoms with van der Waals surface area (Å²) in [4.78, 5) is 39.9. The highest BCUT2D eigenvalue weighted by Crippen LogP contribution is 2.18. The maximum absolute atomic E-state index is 12.5. The van der Waals surface area contributed by atoms with Gasteiger partial charge in [0, 0.05) is 38.6 Å². The first-order valence-electron chi connectivity index (χ1n) is 8.93. The lowest BCUT2D eigenvalue weighted by Crippen LogP contribution is -2.49. The lowest BCUT2D eigenvalue weighted by molar-refractivity contribution is -0.153. The molecular formula is C19H26N2O6. The van der Waals surface area contributed by atoms with Gasteiger partial charge in [-0.3, -0.25) is 4.79 Å². The van der Waals surface area contributed by atoms with Crippen LogP contribution < -0.4 is 0 Å². The number of hydrogen-bond donors (Lipinski definition) is 1. The molecule has 1 aliphatic heterocycles. The third-order valence-corrected chi connectivity index (χ3v) is 4.57. The summed E-state index contributed by atoms with van der Waals surface area (Å²) in [5, 5.41) is 9.22. The van der Waals surface area contributed by atoms with Crippen molar-refractivity contribution in [3.63, 3.8) is 0 Å². The monoisotopic (exact) mass is 378 g/mol. The fourth-order valence-corrected chi connectivity index (χ4v) is 3.10. The van der Waals surface area contributed by atoms with Crippen molar-refractivity contribution in [2.24, 2.45) is 0 Å². The molecule has 2 atom stereocenters. The van der Waals surface area contributed by atoms with Gasteiger partial charge in [0.1, 0.15) is 12.6 Å². The van der Waals surface area contributed by atoms with Crippen molar-refractivity contribution in [3.05, 3.63) is 35.9 Å². The smallest absolute Gasteiger partial charge is 0.410 e. The zero-order valence-corrected chi connectivity index (χ0v) is 15.7. The largest absolute Gasteiger partial charge is 0.467 e. The first-order chi connectivity index (χ1) is 13.0. The molecule has 1 fully saturated rings. The summed E-state index contributed by atoms with van der Waals surface area (Å²) in [6.45, 7) is 2.06. The highest BCUT2D eigenvalue weighted by atomic mass is 16.6. The standard InChI is InChI=1S/C19H26N2O6/c1-14-12-21(16(9-11-22)18(24)26-2)17(23)8-10-20(14)19(25)27-13-15-6-4-3-5-7-15/h3-7,14,16,22H,8-13H2,1-2H3/t14-,16+/m0/s1. The number of aliphatic hydroxyl groups is 1. The first-order valence-corrected chi connectivity index (χ1v) is 8.93. The third-order valence-electron chi connectivity index (χ3n) is 4.57. The number of carbonyl (C=O) groups is 3. The summed E-state index contributed by atoms with van der Waals surface area (Å²) in [6, 6.07) is 8.12. The summed E-state index contributed by atoms with van der Waals surface area (Å²) in [6.07, 6.45) is -0.342. The molecule has 1 heterocycles. The molecule has 0 unspecified atom stereocenters. The van der Waals surface area contributed by atoms with Gasteiger partial charge >= 0.3 is 12.1 Å². The highest BCUT2D eigenvalue weighted by molar-refractivity contribution is 5.85. The second-order valence-corrected chi connectivity index (χ2v) is 6.43. The van der Waals surface area contributed by atoms with Crippen molar-refractivity contribution in [2.45, 2.75) is 38.5 Å². The number of benzene rings is 1. The molecule has 1 saturated heterocycles. The molecule has 1 aliphatic rings. The Morgan fingerprint density at radius 2 is 2.00 bits per heavy atom. The van der Waals surface area contributed by atoms with Gasteiger partial charge in [0.25, 0.3) is 0 Å². The quantitative estimate of drug-likeness (QED) is 0.747. The Bertz CT molecular complexity index is 651. The van der Waals surface area contributed by atoms with Crippen LogP contribution in [0.3, 0.4) is 0 Å². The molecule has 2 amide bonds. The van der Waals surface area contributed by atoms with Crippen LogP contribution in [0, 0.1) is 0 Å². The van der Waals surface area contributed by atoms with Gasteiger partial charge in [0.2, 0.25) is 5.91 Å². The van der Waals surface area contributed by atoms with Crippen molar-refractivity contribution < 1.29 is 29.0 Å². The van der Waals surface area contributed by atoms with E-state index in [0.717, 1.165) is 5.56 Å². The summed E-state index contributed by atoms with van der Waals surface area (Å²) < 4.78 is 10.1. The Morgan fingerprint density at radius 1 is 1.30 bits per heavy atom. The minimum absolute atomic E-state index is 0.0731. The number of carbonyl (C=O) groups excluding carboxylic acids is 3. The van der Waals surface area contributed by atoms with Crippen molar-refractivity contribution in [1.29, 1.82) is 0 Å². The average molecular weight is 378 g/mol. The molecule has 27 heavy (non-hydrogen) atoms. The Hall–Kier alpha value is -2.61. The summed E-state index contributed by atoms with van der Waals surface area (Å²) in [5.74, 6) is -0.839. The van der Waals surface area contributed by atoms with E-state index in [2.05, 4.69) is 0 Å². The molecule has 1 aromatic rings. The summed E-state index contributed by atoms with van der Waals surface area (Å²) in [7, 11) is 1.24. The van der Waals surface area contributed by atoms with Gasteiger partial charge < -0.3 is 24.4 Å². The van der Waals surface area contributed by atoms with E-state index in [0.29, 0.717) is 0 Å². The molecule has 0 spiro atoms. The van der Waals surface area contributed by atoms with E-state index in [4.69, 9.17) is 9.47 Å². The van der Waals surface area contributed by atoms with Crippen LogP contribution in [0.15, 0.2) is 30.3 Å². The summed E-state index contributed by atoms with van der Waals surface area (Å²) in [5.41, 5.74) is 0.875. The van der Waals surface area contributed by atoms with Crippen LogP contribution in [-0.4, -0.2) is 71.8 Å². The van der Waals surface area contributed by atoms with Gasteiger partial charge in [-0.05, 0) is 12.5 Å². The van der Waals surface area contributed by atoms with Crippen molar-refractivity contribution in [3.8, 4) is 0 Å².